The summed E-state index contributed by atoms with van der Waals surface area (Å²) in [6.07, 6.45) is -5.61. The molecule has 1 fully saturated rings. The third-order valence-electron chi connectivity index (χ3n) is 6.91. The lowest BCUT2D eigenvalue weighted by molar-refractivity contribution is -0.141. The van der Waals surface area contributed by atoms with Crippen LogP contribution in [0.5, 0.6) is 0 Å². The summed E-state index contributed by atoms with van der Waals surface area (Å²) < 4.78 is 80.1. The molecule has 3 aromatic heterocycles. The Kier molecular flexibility index (Phi) is 7.43. The maximum atomic E-state index is 13.7. The van der Waals surface area contributed by atoms with Gasteiger partial charge in [-0.25, -0.2) is 4.98 Å². The van der Waals surface area contributed by atoms with Gasteiger partial charge in [0.2, 0.25) is 0 Å². The largest absolute Gasteiger partial charge is 0.433 e. The number of alkyl halides is 6. The number of anilines is 2. The van der Waals surface area contributed by atoms with Crippen molar-refractivity contribution in [1.29, 1.82) is 0 Å². The normalized spacial score (nSPS) is 18.7. The smallest absolute Gasteiger partial charge is 0.354 e. The molecule has 1 aliphatic rings. The van der Waals surface area contributed by atoms with Crippen molar-refractivity contribution in [3.05, 3.63) is 77.9 Å². The predicted octanol–water partition coefficient (Wildman–Crippen LogP) is 7.95. The summed E-state index contributed by atoms with van der Waals surface area (Å²) in [6.45, 7) is 6.68. The minimum absolute atomic E-state index is 0.204. The van der Waals surface area contributed by atoms with Crippen LogP contribution in [0.15, 0.2) is 60.9 Å². The van der Waals surface area contributed by atoms with Crippen LogP contribution in [0.3, 0.4) is 0 Å². The van der Waals surface area contributed by atoms with Crippen molar-refractivity contribution < 1.29 is 26.3 Å². The second kappa shape index (κ2) is 10.7. The van der Waals surface area contributed by atoms with Gasteiger partial charge in [0.15, 0.2) is 0 Å². The number of nitrogens with one attached hydrogen (secondary N) is 1. The Morgan fingerprint density at radius 1 is 0.900 bits per heavy atom. The van der Waals surface area contributed by atoms with Crippen LogP contribution in [0, 0.1) is 11.8 Å². The Bertz CT molecular complexity index is 1490. The molecule has 2 unspecified atom stereocenters. The van der Waals surface area contributed by atoms with Crippen molar-refractivity contribution in [2.24, 2.45) is 11.8 Å². The number of rotatable bonds is 5. The number of piperidine rings is 1. The van der Waals surface area contributed by atoms with E-state index in [1.54, 1.807) is 12.1 Å². The first-order chi connectivity index (χ1) is 18.9. The van der Waals surface area contributed by atoms with Crippen LogP contribution in [0.1, 0.15) is 37.2 Å². The molecule has 5 nitrogen and oxygen atoms in total. The highest BCUT2D eigenvalue weighted by Gasteiger charge is 2.34. The summed E-state index contributed by atoms with van der Waals surface area (Å²) in [4.78, 5) is 14.6. The molecule has 0 saturated carbocycles. The number of aromatic nitrogens is 3. The van der Waals surface area contributed by atoms with Crippen molar-refractivity contribution in [2.45, 2.75) is 39.2 Å². The highest BCUT2D eigenvalue weighted by molar-refractivity contribution is 5.95. The molecule has 11 heteroatoms. The standard InChI is InChI=1S/C29H27F6N5/c1-17-10-18(2)15-40(14-17)16-21-12-25(38-20-6-8-26(37-13-20)29(33,34)35)22-7-5-19(11-24(22)39-21)27-23(28(30,31)32)4-3-9-36-27/h3-9,11-13,17-18H,10,14-16H2,1-2H3,(H,38,39). The van der Waals surface area contributed by atoms with E-state index in [4.69, 9.17) is 4.98 Å². The molecule has 210 valence electrons. The third-order valence-corrected chi connectivity index (χ3v) is 6.91. The number of pyridine rings is 3. The Labute approximate surface area is 227 Å². The summed E-state index contributed by atoms with van der Waals surface area (Å²) in [5.74, 6) is 1.02. The molecule has 0 spiro atoms. The van der Waals surface area contributed by atoms with Crippen molar-refractivity contribution in [2.75, 3.05) is 18.4 Å². The van der Waals surface area contributed by atoms with Gasteiger partial charge in [0.25, 0.3) is 0 Å². The van der Waals surface area contributed by atoms with Gasteiger partial charge in [-0.15, -0.1) is 0 Å². The average Bonchev–Trinajstić information content (AvgIpc) is 2.87. The van der Waals surface area contributed by atoms with Crippen LogP contribution in [-0.4, -0.2) is 32.9 Å². The molecule has 1 saturated heterocycles. The van der Waals surface area contributed by atoms with Gasteiger partial charge in [-0.3, -0.25) is 14.9 Å². The van der Waals surface area contributed by atoms with Crippen molar-refractivity contribution in [3.63, 3.8) is 0 Å². The second-order valence-corrected chi connectivity index (χ2v) is 10.5. The molecular weight excluding hydrogens is 532 g/mol. The van der Waals surface area contributed by atoms with E-state index in [2.05, 4.69) is 34.0 Å². The van der Waals surface area contributed by atoms with Crippen LogP contribution >= 0.6 is 0 Å². The first kappa shape index (κ1) is 27.8. The van der Waals surface area contributed by atoms with Gasteiger partial charge >= 0.3 is 12.4 Å². The monoisotopic (exact) mass is 559 g/mol. The molecule has 1 aromatic carbocycles. The molecule has 4 aromatic rings. The topological polar surface area (TPSA) is 53.9 Å². The van der Waals surface area contributed by atoms with Gasteiger partial charge in [-0.1, -0.05) is 26.0 Å². The van der Waals surface area contributed by atoms with Crippen LogP contribution in [0.4, 0.5) is 37.7 Å². The molecule has 1 N–H and O–H groups in total. The van der Waals surface area contributed by atoms with Crippen molar-refractivity contribution in [3.8, 4) is 11.3 Å². The maximum Gasteiger partial charge on any atom is 0.433 e. The van der Waals surface area contributed by atoms with Gasteiger partial charge in [-0.2, -0.15) is 26.3 Å². The molecule has 1 aliphatic heterocycles. The molecule has 5 rings (SSSR count). The van der Waals surface area contributed by atoms with Gasteiger partial charge in [0.1, 0.15) is 5.69 Å². The molecule has 0 amide bonds. The first-order valence-electron chi connectivity index (χ1n) is 12.9. The first-order valence-corrected chi connectivity index (χ1v) is 12.9. The number of fused-ring (bicyclic) bond motifs is 1. The van der Waals surface area contributed by atoms with Gasteiger partial charge in [0, 0.05) is 42.5 Å². The quantitative estimate of drug-likeness (QED) is 0.252. The lowest BCUT2D eigenvalue weighted by Gasteiger charge is -2.34. The lowest BCUT2D eigenvalue weighted by Crippen LogP contribution is -2.38. The highest BCUT2D eigenvalue weighted by Crippen LogP contribution is 2.38. The minimum atomic E-state index is -4.59. The second-order valence-electron chi connectivity index (χ2n) is 10.5. The highest BCUT2D eigenvalue weighted by atomic mass is 19.4. The van der Waals surface area contributed by atoms with E-state index in [-0.39, 0.29) is 11.3 Å². The number of benzene rings is 1. The van der Waals surface area contributed by atoms with Crippen LogP contribution in [0.2, 0.25) is 0 Å². The zero-order valence-corrected chi connectivity index (χ0v) is 21.8. The van der Waals surface area contributed by atoms with Crippen LogP contribution in [0.25, 0.3) is 22.2 Å². The lowest BCUT2D eigenvalue weighted by atomic mass is 9.92. The van der Waals surface area contributed by atoms with E-state index in [0.29, 0.717) is 46.4 Å². The average molecular weight is 560 g/mol. The minimum Gasteiger partial charge on any atom is -0.354 e. The van der Waals surface area contributed by atoms with E-state index in [0.717, 1.165) is 37.8 Å². The fraction of sp³-hybridized carbons (Fsp3) is 0.345. The fourth-order valence-corrected chi connectivity index (χ4v) is 5.42. The molecule has 0 bridgehead atoms. The third kappa shape index (κ3) is 6.19. The van der Waals surface area contributed by atoms with Crippen molar-refractivity contribution in [1.82, 2.24) is 19.9 Å². The Hall–Kier alpha value is -3.73. The molecule has 2 atom stereocenters. The summed E-state index contributed by atoms with van der Waals surface area (Å²) >= 11 is 0. The fourth-order valence-electron chi connectivity index (χ4n) is 5.42. The number of halogens is 6. The summed E-state index contributed by atoms with van der Waals surface area (Å²) in [5.41, 5.74) is 0.211. The van der Waals surface area contributed by atoms with E-state index < -0.39 is 23.6 Å². The molecule has 0 radical (unpaired) electrons. The van der Waals surface area contributed by atoms with Gasteiger partial charge < -0.3 is 5.32 Å². The predicted molar refractivity (Wildman–Crippen MR) is 141 cm³/mol. The Morgan fingerprint density at radius 3 is 2.30 bits per heavy atom. The zero-order valence-electron chi connectivity index (χ0n) is 21.8. The Morgan fingerprint density at radius 2 is 1.65 bits per heavy atom. The number of hydrogen-bond acceptors (Lipinski definition) is 5. The van der Waals surface area contributed by atoms with Crippen molar-refractivity contribution >= 4 is 22.3 Å². The summed E-state index contributed by atoms with van der Waals surface area (Å²) in [5, 5.41) is 3.73. The van der Waals surface area contributed by atoms with Gasteiger partial charge in [0.05, 0.1) is 34.4 Å². The summed E-state index contributed by atoms with van der Waals surface area (Å²) in [6, 6.07) is 11.0. The van der Waals surface area contributed by atoms with Gasteiger partial charge in [-0.05, 0) is 54.7 Å². The van der Waals surface area contributed by atoms with Crippen LogP contribution in [-0.2, 0) is 18.9 Å². The Balaban J connectivity index is 1.57. The van der Waals surface area contributed by atoms with E-state index >= 15 is 0 Å². The molecule has 0 aliphatic carbocycles. The summed E-state index contributed by atoms with van der Waals surface area (Å²) in [7, 11) is 0. The number of hydrogen-bond donors (Lipinski definition) is 1. The zero-order chi connectivity index (χ0) is 28.7. The van der Waals surface area contributed by atoms with Crippen LogP contribution < -0.4 is 5.32 Å². The van der Waals surface area contributed by atoms with E-state index in [1.807, 2.05) is 6.07 Å². The maximum absolute atomic E-state index is 13.7. The number of likely N-dealkylation sites (tertiary alicyclic amines) is 1. The van der Waals surface area contributed by atoms with E-state index in [9.17, 15) is 26.3 Å². The molecular formula is C29H27F6N5. The molecule has 4 heterocycles. The molecule has 40 heavy (non-hydrogen) atoms. The van der Waals surface area contributed by atoms with E-state index in [1.165, 1.54) is 24.4 Å². The SMILES string of the molecule is CC1CC(C)CN(Cc2cc(Nc3ccc(C(F)(F)F)nc3)c3ccc(-c4ncccc4C(F)(F)F)cc3n2)C1. The number of nitrogens with zero attached hydrogens (tertiary/aromatic N) is 4.